The molecule has 0 radical (unpaired) electrons. The Bertz CT molecular complexity index is 587. The maximum atomic E-state index is 13.3. The number of halogens is 1. The first-order valence-electron chi connectivity index (χ1n) is 7.05. The Hall–Kier alpha value is -1.91. The molecular weight excluding hydrogens is 267 g/mol. The molecule has 1 atom stereocenters. The third-order valence-electron chi connectivity index (χ3n) is 3.16. The standard InChI is InChI=1S/C17H21FN2O/c1-12(2)21-16-8-4-6-14(11-16)17(20-19)10-13-5-3-7-15(18)9-13/h3-9,11-12,17,20H,10,19H2,1-2H3. The van der Waals surface area contributed by atoms with Crippen LogP contribution in [0.25, 0.3) is 0 Å². The minimum absolute atomic E-state index is 0.0949. The number of rotatable bonds is 6. The number of hydrogen-bond acceptors (Lipinski definition) is 3. The Morgan fingerprint density at radius 2 is 1.90 bits per heavy atom. The van der Waals surface area contributed by atoms with Crippen molar-refractivity contribution in [3.8, 4) is 5.75 Å². The van der Waals surface area contributed by atoms with E-state index < -0.39 is 0 Å². The number of benzene rings is 2. The number of hydrogen-bond donors (Lipinski definition) is 2. The molecule has 0 heterocycles. The summed E-state index contributed by atoms with van der Waals surface area (Å²) in [6, 6.07) is 14.3. The molecule has 2 aromatic carbocycles. The lowest BCUT2D eigenvalue weighted by Gasteiger charge is -2.18. The van der Waals surface area contributed by atoms with E-state index in [2.05, 4.69) is 5.43 Å². The molecule has 0 saturated heterocycles. The molecule has 0 saturated carbocycles. The topological polar surface area (TPSA) is 47.3 Å². The Morgan fingerprint density at radius 1 is 1.14 bits per heavy atom. The van der Waals surface area contributed by atoms with Gasteiger partial charge in [-0.15, -0.1) is 0 Å². The third kappa shape index (κ3) is 4.55. The molecule has 4 heteroatoms. The van der Waals surface area contributed by atoms with Gasteiger partial charge in [0.15, 0.2) is 0 Å². The molecule has 112 valence electrons. The zero-order valence-electron chi connectivity index (χ0n) is 12.3. The van der Waals surface area contributed by atoms with Crippen molar-refractivity contribution in [3.05, 3.63) is 65.5 Å². The quantitative estimate of drug-likeness (QED) is 0.633. The van der Waals surface area contributed by atoms with E-state index in [0.29, 0.717) is 6.42 Å². The second kappa shape index (κ2) is 7.20. The van der Waals surface area contributed by atoms with Crippen LogP contribution >= 0.6 is 0 Å². The predicted octanol–water partition coefficient (Wildman–Crippen LogP) is 3.36. The van der Waals surface area contributed by atoms with Gasteiger partial charge in [-0.25, -0.2) is 4.39 Å². The molecule has 21 heavy (non-hydrogen) atoms. The summed E-state index contributed by atoms with van der Waals surface area (Å²) in [7, 11) is 0. The second-order valence-electron chi connectivity index (χ2n) is 5.29. The maximum absolute atomic E-state index is 13.3. The van der Waals surface area contributed by atoms with E-state index in [4.69, 9.17) is 10.6 Å². The van der Waals surface area contributed by atoms with Crippen LogP contribution in [-0.4, -0.2) is 6.10 Å². The normalized spacial score (nSPS) is 12.4. The summed E-state index contributed by atoms with van der Waals surface area (Å²) in [6.45, 7) is 3.97. The largest absolute Gasteiger partial charge is 0.491 e. The van der Waals surface area contributed by atoms with Crippen LogP contribution in [-0.2, 0) is 6.42 Å². The average Bonchev–Trinajstić information content (AvgIpc) is 2.44. The lowest BCUT2D eigenvalue weighted by molar-refractivity contribution is 0.242. The van der Waals surface area contributed by atoms with Crippen molar-refractivity contribution in [2.75, 3.05) is 0 Å². The fourth-order valence-corrected chi connectivity index (χ4v) is 2.25. The number of nitrogens with two attached hydrogens (primary N) is 1. The fourth-order valence-electron chi connectivity index (χ4n) is 2.25. The minimum atomic E-state index is -0.236. The SMILES string of the molecule is CC(C)Oc1cccc(C(Cc2cccc(F)c2)NN)c1. The summed E-state index contributed by atoms with van der Waals surface area (Å²) < 4.78 is 19.0. The molecule has 0 spiro atoms. The fraction of sp³-hybridized carbons (Fsp3) is 0.294. The predicted molar refractivity (Wildman–Crippen MR) is 82.4 cm³/mol. The molecule has 1 unspecified atom stereocenters. The van der Waals surface area contributed by atoms with Crippen molar-refractivity contribution in [2.24, 2.45) is 5.84 Å². The van der Waals surface area contributed by atoms with Gasteiger partial charge in [-0.1, -0.05) is 24.3 Å². The Kier molecular flexibility index (Phi) is 5.31. The van der Waals surface area contributed by atoms with E-state index in [0.717, 1.165) is 16.9 Å². The molecule has 0 amide bonds. The molecular formula is C17H21FN2O. The first-order chi connectivity index (χ1) is 10.1. The molecule has 0 bridgehead atoms. The highest BCUT2D eigenvalue weighted by Gasteiger charge is 2.12. The van der Waals surface area contributed by atoms with E-state index in [-0.39, 0.29) is 18.0 Å². The van der Waals surface area contributed by atoms with Crippen LogP contribution in [0, 0.1) is 5.82 Å². The van der Waals surface area contributed by atoms with Crippen LogP contribution in [0.15, 0.2) is 48.5 Å². The Balaban J connectivity index is 2.17. The average molecular weight is 288 g/mol. The molecule has 0 aliphatic rings. The Morgan fingerprint density at radius 3 is 2.57 bits per heavy atom. The van der Waals surface area contributed by atoms with Crippen molar-refractivity contribution in [1.82, 2.24) is 5.43 Å². The first-order valence-corrected chi connectivity index (χ1v) is 7.05. The number of ether oxygens (including phenoxy) is 1. The number of nitrogens with one attached hydrogen (secondary N) is 1. The van der Waals surface area contributed by atoms with Crippen molar-refractivity contribution in [2.45, 2.75) is 32.4 Å². The van der Waals surface area contributed by atoms with Crippen molar-refractivity contribution in [3.63, 3.8) is 0 Å². The molecule has 0 fully saturated rings. The molecule has 3 N–H and O–H groups in total. The van der Waals surface area contributed by atoms with Crippen LogP contribution in [0.2, 0.25) is 0 Å². The van der Waals surface area contributed by atoms with Gasteiger partial charge < -0.3 is 4.74 Å². The van der Waals surface area contributed by atoms with Gasteiger partial charge in [-0.05, 0) is 55.7 Å². The van der Waals surface area contributed by atoms with Gasteiger partial charge in [-0.3, -0.25) is 11.3 Å². The van der Waals surface area contributed by atoms with Crippen LogP contribution in [0.3, 0.4) is 0 Å². The maximum Gasteiger partial charge on any atom is 0.123 e. The van der Waals surface area contributed by atoms with Crippen molar-refractivity contribution >= 4 is 0 Å². The van der Waals surface area contributed by atoms with Crippen LogP contribution in [0.5, 0.6) is 5.75 Å². The second-order valence-corrected chi connectivity index (χ2v) is 5.29. The zero-order chi connectivity index (χ0) is 15.2. The zero-order valence-corrected chi connectivity index (χ0v) is 12.3. The summed E-state index contributed by atoms with van der Waals surface area (Å²) in [5, 5.41) is 0. The molecule has 0 aliphatic heterocycles. The highest BCUT2D eigenvalue weighted by molar-refractivity contribution is 5.32. The van der Waals surface area contributed by atoms with Gasteiger partial charge >= 0.3 is 0 Å². The van der Waals surface area contributed by atoms with E-state index in [1.165, 1.54) is 12.1 Å². The summed E-state index contributed by atoms with van der Waals surface area (Å²) >= 11 is 0. The van der Waals surface area contributed by atoms with E-state index in [1.54, 1.807) is 6.07 Å². The lowest BCUT2D eigenvalue weighted by atomic mass is 9.99. The van der Waals surface area contributed by atoms with Gasteiger partial charge in [0.05, 0.1) is 12.1 Å². The molecule has 2 aromatic rings. The molecule has 0 aliphatic carbocycles. The van der Waals surface area contributed by atoms with Crippen molar-refractivity contribution in [1.29, 1.82) is 0 Å². The minimum Gasteiger partial charge on any atom is -0.491 e. The molecule has 2 rings (SSSR count). The lowest BCUT2D eigenvalue weighted by Crippen LogP contribution is -2.29. The third-order valence-corrected chi connectivity index (χ3v) is 3.16. The first kappa shape index (κ1) is 15.5. The monoisotopic (exact) mass is 288 g/mol. The van der Waals surface area contributed by atoms with Gasteiger partial charge in [0.1, 0.15) is 11.6 Å². The van der Waals surface area contributed by atoms with Crippen LogP contribution < -0.4 is 16.0 Å². The highest BCUT2D eigenvalue weighted by Crippen LogP contribution is 2.23. The van der Waals surface area contributed by atoms with E-state index >= 15 is 0 Å². The smallest absolute Gasteiger partial charge is 0.123 e. The summed E-state index contributed by atoms with van der Waals surface area (Å²) in [5.41, 5.74) is 4.70. The summed E-state index contributed by atoms with van der Waals surface area (Å²) in [6.07, 6.45) is 0.729. The van der Waals surface area contributed by atoms with Gasteiger partial charge in [0.2, 0.25) is 0 Å². The van der Waals surface area contributed by atoms with Crippen molar-refractivity contribution < 1.29 is 9.13 Å². The highest BCUT2D eigenvalue weighted by atomic mass is 19.1. The molecule has 0 aromatic heterocycles. The molecule has 3 nitrogen and oxygen atoms in total. The van der Waals surface area contributed by atoms with Gasteiger partial charge in [0, 0.05) is 0 Å². The van der Waals surface area contributed by atoms with Gasteiger partial charge in [0.25, 0.3) is 0 Å². The van der Waals surface area contributed by atoms with Crippen LogP contribution in [0.4, 0.5) is 4.39 Å². The van der Waals surface area contributed by atoms with Gasteiger partial charge in [-0.2, -0.15) is 0 Å². The van der Waals surface area contributed by atoms with E-state index in [9.17, 15) is 4.39 Å². The Labute approximate surface area is 124 Å². The van der Waals surface area contributed by atoms with Crippen LogP contribution in [0.1, 0.15) is 31.0 Å². The summed E-state index contributed by atoms with van der Waals surface area (Å²) in [5.74, 6) is 6.23. The summed E-state index contributed by atoms with van der Waals surface area (Å²) in [4.78, 5) is 0. The van der Waals surface area contributed by atoms with E-state index in [1.807, 2.05) is 44.2 Å². The number of hydrazine groups is 1.